The summed E-state index contributed by atoms with van der Waals surface area (Å²) in [5, 5.41) is 14.0. The molecule has 6 heteroatoms. The SMILES string of the molecule is CCNC(=NCC1(O)CCSC1)N1CCC(N2CCCCC2)C1. The number of piperidine rings is 1. The zero-order valence-electron chi connectivity index (χ0n) is 14.5. The highest BCUT2D eigenvalue weighted by Gasteiger charge is 2.33. The van der Waals surface area contributed by atoms with Crippen LogP contribution in [-0.2, 0) is 0 Å². The third-order valence-electron chi connectivity index (χ3n) is 5.31. The van der Waals surface area contributed by atoms with E-state index >= 15 is 0 Å². The maximum Gasteiger partial charge on any atom is 0.194 e. The average molecular weight is 341 g/mol. The van der Waals surface area contributed by atoms with E-state index in [1.807, 2.05) is 11.8 Å². The maximum atomic E-state index is 10.5. The third kappa shape index (κ3) is 4.54. The number of nitrogens with one attached hydrogen (secondary N) is 1. The van der Waals surface area contributed by atoms with E-state index in [1.165, 1.54) is 38.8 Å². The van der Waals surface area contributed by atoms with Gasteiger partial charge in [-0.1, -0.05) is 6.42 Å². The summed E-state index contributed by atoms with van der Waals surface area (Å²) < 4.78 is 0. The summed E-state index contributed by atoms with van der Waals surface area (Å²) in [4.78, 5) is 9.85. The predicted octanol–water partition coefficient (Wildman–Crippen LogP) is 1.38. The van der Waals surface area contributed by atoms with Gasteiger partial charge in [-0.05, 0) is 51.4 Å². The molecule has 0 aromatic heterocycles. The Bertz CT molecular complexity index is 405. The molecule has 3 heterocycles. The van der Waals surface area contributed by atoms with Gasteiger partial charge < -0.3 is 15.3 Å². The van der Waals surface area contributed by atoms with Crippen molar-refractivity contribution in [2.75, 3.05) is 50.8 Å². The zero-order chi connectivity index (χ0) is 16.1. The summed E-state index contributed by atoms with van der Waals surface area (Å²) >= 11 is 1.84. The zero-order valence-corrected chi connectivity index (χ0v) is 15.3. The van der Waals surface area contributed by atoms with Crippen molar-refractivity contribution in [2.24, 2.45) is 4.99 Å². The van der Waals surface area contributed by atoms with E-state index in [9.17, 15) is 5.11 Å². The fourth-order valence-corrected chi connectivity index (χ4v) is 5.17. The van der Waals surface area contributed by atoms with Crippen LogP contribution in [0.25, 0.3) is 0 Å². The molecule has 3 rings (SSSR count). The predicted molar refractivity (Wildman–Crippen MR) is 98.3 cm³/mol. The van der Waals surface area contributed by atoms with Gasteiger partial charge in [0, 0.05) is 31.4 Å². The molecule has 3 fully saturated rings. The number of likely N-dealkylation sites (tertiary alicyclic amines) is 2. The van der Waals surface area contributed by atoms with Gasteiger partial charge in [-0.3, -0.25) is 9.89 Å². The molecular weight excluding hydrogens is 308 g/mol. The normalized spacial score (nSPS) is 33.4. The molecule has 3 aliphatic heterocycles. The van der Waals surface area contributed by atoms with Crippen molar-refractivity contribution in [2.45, 2.75) is 50.7 Å². The lowest BCUT2D eigenvalue weighted by atomic mass is 10.1. The molecule has 0 spiro atoms. The lowest BCUT2D eigenvalue weighted by molar-refractivity contribution is 0.0776. The molecule has 2 N–H and O–H groups in total. The first-order valence-corrected chi connectivity index (χ1v) is 10.4. The molecule has 3 saturated heterocycles. The first kappa shape index (κ1) is 17.4. The van der Waals surface area contributed by atoms with Crippen molar-refractivity contribution in [1.29, 1.82) is 0 Å². The number of hydrogen-bond acceptors (Lipinski definition) is 4. The van der Waals surface area contributed by atoms with Crippen LogP contribution in [0.1, 0.15) is 39.0 Å². The molecule has 0 amide bonds. The Morgan fingerprint density at radius 1 is 1.30 bits per heavy atom. The molecule has 0 saturated carbocycles. The second kappa shape index (κ2) is 8.08. The third-order valence-corrected chi connectivity index (χ3v) is 6.54. The minimum Gasteiger partial charge on any atom is -0.387 e. The standard InChI is InChI=1S/C17H32N4OS/c1-2-18-16(19-13-17(22)7-11-23-14-17)21-10-6-15(12-21)20-8-4-3-5-9-20/h15,22H,2-14H2,1H3,(H,18,19). The number of thioether (sulfide) groups is 1. The number of aliphatic imine (C=N–C) groups is 1. The van der Waals surface area contributed by atoms with Crippen LogP contribution in [0.5, 0.6) is 0 Å². The van der Waals surface area contributed by atoms with Crippen LogP contribution in [-0.4, -0.2) is 83.3 Å². The molecule has 3 aliphatic rings. The van der Waals surface area contributed by atoms with E-state index in [4.69, 9.17) is 4.99 Å². The molecule has 0 aromatic rings. The number of nitrogens with zero attached hydrogens (tertiary/aromatic N) is 3. The molecule has 0 aromatic carbocycles. The summed E-state index contributed by atoms with van der Waals surface area (Å²) in [6, 6.07) is 0.685. The summed E-state index contributed by atoms with van der Waals surface area (Å²) in [7, 11) is 0. The molecule has 0 aliphatic carbocycles. The van der Waals surface area contributed by atoms with Crippen LogP contribution in [0.15, 0.2) is 4.99 Å². The van der Waals surface area contributed by atoms with Crippen LogP contribution >= 0.6 is 11.8 Å². The van der Waals surface area contributed by atoms with Crippen LogP contribution in [0.3, 0.4) is 0 Å². The van der Waals surface area contributed by atoms with E-state index in [0.29, 0.717) is 12.6 Å². The quantitative estimate of drug-likeness (QED) is 0.598. The van der Waals surface area contributed by atoms with Crippen molar-refractivity contribution >= 4 is 17.7 Å². The molecule has 2 atom stereocenters. The number of aliphatic hydroxyl groups is 1. The van der Waals surface area contributed by atoms with Crippen LogP contribution < -0.4 is 5.32 Å². The molecule has 2 unspecified atom stereocenters. The van der Waals surface area contributed by atoms with Crippen molar-refractivity contribution in [1.82, 2.24) is 15.1 Å². The van der Waals surface area contributed by atoms with Crippen molar-refractivity contribution in [3.63, 3.8) is 0 Å². The second-order valence-corrected chi connectivity index (χ2v) is 8.29. The Balaban J connectivity index is 1.57. The molecule has 23 heavy (non-hydrogen) atoms. The summed E-state index contributed by atoms with van der Waals surface area (Å²) in [5.41, 5.74) is -0.586. The highest BCUT2D eigenvalue weighted by Crippen LogP contribution is 2.28. The van der Waals surface area contributed by atoms with Gasteiger partial charge in [-0.15, -0.1) is 0 Å². The van der Waals surface area contributed by atoms with Crippen molar-refractivity contribution in [3.8, 4) is 0 Å². The Labute approximate surface area is 144 Å². The van der Waals surface area contributed by atoms with Gasteiger partial charge in [0.2, 0.25) is 0 Å². The molecule has 0 bridgehead atoms. The number of guanidine groups is 1. The lowest BCUT2D eigenvalue weighted by Gasteiger charge is -2.32. The van der Waals surface area contributed by atoms with Gasteiger partial charge in [-0.2, -0.15) is 11.8 Å². The lowest BCUT2D eigenvalue weighted by Crippen LogP contribution is -2.45. The highest BCUT2D eigenvalue weighted by molar-refractivity contribution is 7.99. The van der Waals surface area contributed by atoms with Gasteiger partial charge in [0.15, 0.2) is 5.96 Å². The molecule has 0 radical (unpaired) electrons. The maximum absolute atomic E-state index is 10.5. The second-order valence-electron chi connectivity index (χ2n) is 7.18. The monoisotopic (exact) mass is 340 g/mol. The van der Waals surface area contributed by atoms with Gasteiger partial charge in [-0.25, -0.2) is 0 Å². The molecule has 5 nitrogen and oxygen atoms in total. The molecule has 132 valence electrons. The Kier molecular flexibility index (Phi) is 6.10. The topological polar surface area (TPSA) is 51.1 Å². The molecular formula is C17H32N4OS. The van der Waals surface area contributed by atoms with Gasteiger partial charge in [0.25, 0.3) is 0 Å². The van der Waals surface area contributed by atoms with E-state index in [0.717, 1.165) is 43.5 Å². The van der Waals surface area contributed by atoms with Crippen molar-refractivity contribution in [3.05, 3.63) is 0 Å². The van der Waals surface area contributed by atoms with Gasteiger partial charge in [0.1, 0.15) is 0 Å². The van der Waals surface area contributed by atoms with Gasteiger partial charge >= 0.3 is 0 Å². The number of rotatable bonds is 4. The minimum atomic E-state index is -0.586. The Morgan fingerprint density at radius 3 is 2.83 bits per heavy atom. The van der Waals surface area contributed by atoms with E-state index in [-0.39, 0.29) is 0 Å². The minimum absolute atomic E-state index is 0.535. The largest absolute Gasteiger partial charge is 0.387 e. The first-order valence-electron chi connectivity index (χ1n) is 9.28. The average Bonchev–Trinajstić information content (AvgIpc) is 3.22. The summed E-state index contributed by atoms with van der Waals surface area (Å²) in [6.07, 6.45) is 6.22. The smallest absolute Gasteiger partial charge is 0.194 e. The van der Waals surface area contributed by atoms with E-state index < -0.39 is 5.60 Å². The fraction of sp³-hybridized carbons (Fsp3) is 0.941. The summed E-state index contributed by atoms with van der Waals surface area (Å²) in [5.74, 6) is 2.88. The van der Waals surface area contributed by atoms with Crippen LogP contribution in [0.4, 0.5) is 0 Å². The van der Waals surface area contributed by atoms with Crippen LogP contribution in [0, 0.1) is 0 Å². The first-order chi connectivity index (χ1) is 11.2. The Morgan fingerprint density at radius 2 is 2.13 bits per heavy atom. The number of hydrogen-bond donors (Lipinski definition) is 2. The Hall–Kier alpha value is -0.460. The summed E-state index contributed by atoms with van der Waals surface area (Å²) in [6.45, 7) is 8.24. The van der Waals surface area contributed by atoms with E-state index in [1.54, 1.807) is 0 Å². The fourth-order valence-electron chi connectivity index (χ4n) is 3.88. The highest BCUT2D eigenvalue weighted by atomic mass is 32.2. The van der Waals surface area contributed by atoms with Crippen molar-refractivity contribution < 1.29 is 5.11 Å². The van der Waals surface area contributed by atoms with Crippen LogP contribution in [0.2, 0.25) is 0 Å². The van der Waals surface area contributed by atoms with Gasteiger partial charge in [0.05, 0.1) is 12.1 Å². The van der Waals surface area contributed by atoms with E-state index in [2.05, 4.69) is 22.0 Å².